The van der Waals surface area contributed by atoms with Crippen LogP contribution in [0.2, 0.25) is 0 Å². The van der Waals surface area contributed by atoms with Gasteiger partial charge in [0.15, 0.2) is 0 Å². The molecule has 2 aromatic rings. The molecule has 0 aliphatic heterocycles. The number of hydrogen-bond donors (Lipinski definition) is 1. The van der Waals surface area contributed by atoms with E-state index in [9.17, 15) is 5.11 Å². The predicted octanol–water partition coefficient (Wildman–Crippen LogP) is 3.54. The van der Waals surface area contributed by atoms with Gasteiger partial charge >= 0.3 is 0 Å². The van der Waals surface area contributed by atoms with Crippen LogP contribution >= 0.6 is 0 Å². The van der Waals surface area contributed by atoms with Crippen LogP contribution in [0.3, 0.4) is 0 Å². The normalized spacial score (nSPS) is 11.0. The minimum Gasteiger partial charge on any atom is -0.497 e. The lowest BCUT2D eigenvalue weighted by atomic mass is 10.1. The third kappa shape index (κ3) is 4.60. The average Bonchev–Trinajstić information content (AvgIpc) is 2.60. The Morgan fingerprint density at radius 2 is 1.96 bits per heavy atom. The van der Waals surface area contributed by atoms with Gasteiger partial charge in [-0.3, -0.25) is 0 Å². The first kappa shape index (κ1) is 16.6. The van der Waals surface area contributed by atoms with Crippen molar-refractivity contribution in [3.05, 3.63) is 64.7 Å². The van der Waals surface area contributed by atoms with Crippen molar-refractivity contribution in [3.8, 4) is 17.6 Å². The van der Waals surface area contributed by atoms with Gasteiger partial charge in [-0.15, -0.1) is 0 Å². The minimum atomic E-state index is -0.0330. The van der Waals surface area contributed by atoms with E-state index in [0.717, 1.165) is 22.4 Å². The van der Waals surface area contributed by atoms with E-state index in [-0.39, 0.29) is 6.61 Å². The molecule has 0 atom stereocenters. The van der Waals surface area contributed by atoms with Gasteiger partial charge in [0, 0.05) is 5.56 Å². The molecule has 4 heteroatoms. The first-order valence-electron chi connectivity index (χ1n) is 7.24. The Kier molecular flexibility index (Phi) is 5.79. The lowest BCUT2D eigenvalue weighted by Gasteiger charge is -2.11. The van der Waals surface area contributed by atoms with Crippen molar-refractivity contribution in [2.24, 2.45) is 0 Å². The second-order valence-corrected chi connectivity index (χ2v) is 5.15. The van der Waals surface area contributed by atoms with E-state index in [1.807, 2.05) is 37.3 Å². The lowest BCUT2D eigenvalue weighted by molar-refractivity contribution is 0.305. The fourth-order valence-corrected chi connectivity index (χ4v) is 2.06. The van der Waals surface area contributed by atoms with Crippen molar-refractivity contribution < 1.29 is 14.6 Å². The molecule has 4 nitrogen and oxygen atoms in total. The van der Waals surface area contributed by atoms with Gasteiger partial charge in [0.25, 0.3) is 0 Å². The van der Waals surface area contributed by atoms with Gasteiger partial charge in [0.05, 0.1) is 25.3 Å². The predicted molar refractivity (Wildman–Crippen MR) is 89.2 cm³/mol. The summed E-state index contributed by atoms with van der Waals surface area (Å²) in [6, 6.07) is 15.0. The number of rotatable bonds is 6. The van der Waals surface area contributed by atoms with E-state index >= 15 is 0 Å². The number of aliphatic hydroxyl groups excluding tert-OH is 1. The summed E-state index contributed by atoms with van der Waals surface area (Å²) < 4.78 is 11.0. The van der Waals surface area contributed by atoms with Crippen molar-refractivity contribution in [2.75, 3.05) is 13.7 Å². The van der Waals surface area contributed by atoms with Gasteiger partial charge in [-0.25, -0.2) is 0 Å². The van der Waals surface area contributed by atoms with Gasteiger partial charge in [-0.05, 0) is 48.4 Å². The van der Waals surface area contributed by atoms with E-state index in [2.05, 4.69) is 6.07 Å². The Labute approximate surface area is 136 Å². The van der Waals surface area contributed by atoms with Crippen LogP contribution in [-0.2, 0) is 6.61 Å². The SMILES string of the molecule is COc1ccc(COc2ccc(C#N)cc2/C=C(\C)CO)cc1. The molecule has 0 amide bonds. The number of aliphatic hydroxyl groups is 1. The van der Waals surface area contributed by atoms with Crippen LogP contribution in [0.1, 0.15) is 23.6 Å². The van der Waals surface area contributed by atoms with Gasteiger partial charge in [-0.2, -0.15) is 5.26 Å². The minimum absolute atomic E-state index is 0.0330. The molecule has 0 aliphatic rings. The zero-order valence-corrected chi connectivity index (χ0v) is 13.2. The van der Waals surface area contributed by atoms with Gasteiger partial charge < -0.3 is 14.6 Å². The Bertz CT molecular complexity index is 727. The molecule has 0 bridgehead atoms. The van der Waals surface area contributed by atoms with Crippen LogP contribution in [0.25, 0.3) is 6.08 Å². The van der Waals surface area contributed by atoms with E-state index in [0.29, 0.717) is 17.9 Å². The molecule has 0 saturated heterocycles. The first-order chi connectivity index (χ1) is 11.2. The van der Waals surface area contributed by atoms with Crippen LogP contribution < -0.4 is 9.47 Å². The maximum atomic E-state index is 9.18. The monoisotopic (exact) mass is 309 g/mol. The van der Waals surface area contributed by atoms with Gasteiger partial charge in [-0.1, -0.05) is 18.2 Å². The smallest absolute Gasteiger partial charge is 0.127 e. The van der Waals surface area contributed by atoms with Crippen LogP contribution in [0, 0.1) is 11.3 Å². The van der Waals surface area contributed by atoms with Crippen molar-refractivity contribution in [2.45, 2.75) is 13.5 Å². The molecule has 0 saturated carbocycles. The summed E-state index contributed by atoms with van der Waals surface area (Å²) in [5.74, 6) is 1.47. The van der Waals surface area contributed by atoms with Gasteiger partial charge in [0.2, 0.25) is 0 Å². The fraction of sp³-hybridized carbons (Fsp3) is 0.211. The Hall–Kier alpha value is -2.77. The quantitative estimate of drug-likeness (QED) is 0.886. The van der Waals surface area contributed by atoms with Crippen molar-refractivity contribution in [1.29, 1.82) is 5.26 Å². The maximum absolute atomic E-state index is 9.18. The molecule has 0 aliphatic carbocycles. The highest BCUT2D eigenvalue weighted by atomic mass is 16.5. The molecule has 0 unspecified atom stereocenters. The first-order valence-corrected chi connectivity index (χ1v) is 7.24. The van der Waals surface area contributed by atoms with E-state index in [1.165, 1.54) is 0 Å². The zero-order chi connectivity index (χ0) is 16.7. The fourth-order valence-electron chi connectivity index (χ4n) is 2.06. The molecule has 118 valence electrons. The molecule has 0 aromatic heterocycles. The topological polar surface area (TPSA) is 62.5 Å². The number of nitrogens with zero attached hydrogens (tertiary/aromatic N) is 1. The van der Waals surface area contributed by atoms with Crippen LogP contribution in [-0.4, -0.2) is 18.8 Å². The second kappa shape index (κ2) is 8.02. The number of hydrogen-bond acceptors (Lipinski definition) is 4. The van der Waals surface area contributed by atoms with E-state index in [1.54, 1.807) is 25.3 Å². The van der Waals surface area contributed by atoms with Crippen LogP contribution in [0.5, 0.6) is 11.5 Å². The zero-order valence-electron chi connectivity index (χ0n) is 13.2. The number of nitriles is 1. The van der Waals surface area contributed by atoms with E-state index < -0.39 is 0 Å². The van der Waals surface area contributed by atoms with Crippen molar-refractivity contribution >= 4 is 6.08 Å². The highest BCUT2D eigenvalue weighted by Gasteiger charge is 2.05. The highest BCUT2D eigenvalue weighted by Crippen LogP contribution is 2.24. The highest BCUT2D eigenvalue weighted by molar-refractivity contribution is 5.61. The summed E-state index contributed by atoms with van der Waals surface area (Å²) in [6.07, 6.45) is 1.82. The average molecular weight is 309 g/mol. The molecule has 0 spiro atoms. The third-order valence-electron chi connectivity index (χ3n) is 3.34. The van der Waals surface area contributed by atoms with Crippen LogP contribution in [0.4, 0.5) is 0 Å². The molecule has 2 rings (SSSR count). The number of ether oxygens (including phenoxy) is 2. The van der Waals surface area contributed by atoms with Crippen molar-refractivity contribution in [1.82, 2.24) is 0 Å². The summed E-state index contributed by atoms with van der Waals surface area (Å²) in [7, 11) is 1.63. The third-order valence-corrected chi connectivity index (χ3v) is 3.34. The van der Waals surface area contributed by atoms with Crippen LogP contribution in [0.15, 0.2) is 48.0 Å². The molecule has 2 aromatic carbocycles. The molecule has 23 heavy (non-hydrogen) atoms. The molecule has 0 heterocycles. The summed E-state index contributed by atoms with van der Waals surface area (Å²) in [4.78, 5) is 0. The van der Waals surface area contributed by atoms with Gasteiger partial charge in [0.1, 0.15) is 18.1 Å². The lowest BCUT2D eigenvalue weighted by Crippen LogP contribution is -1.98. The molecule has 0 fully saturated rings. The molecular weight excluding hydrogens is 290 g/mol. The standard InChI is InChI=1S/C19H19NO3/c1-14(12-21)9-17-10-16(11-20)5-8-19(17)23-13-15-3-6-18(22-2)7-4-15/h3-10,21H,12-13H2,1-2H3/b14-9+. The second-order valence-electron chi connectivity index (χ2n) is 5.15. The molecular formula is C19H19NO3. The number of benzene rings is 2. The number of methoxy groups -OCH3 is 1. The Morgan fingerprint density at radius 3 is 2.57 bits per heavy atom. The molecule has 0 radical (unpaired) electrons. The summed E-state index contributed by atoms with van der Waals surface area (Å²) >= 11 is 0. The Balaban J connectivity index is 2.19. The largest absolute Gasteiger partial charge is 0.497 e. The van der Waals surface area contributed by atoms with E-state index in [4.69, 9.17) is 14.7 Å². The Morgan fingerprint density at radius 1 is 1.22 bits per heavy atom. The van der Waals surface area contributed by atoms with Crippen molar-refractivity contribution in [3.63, 3.8) is 0 Å². The summed E-state index contributed by atoms with van der Waals surface area (Å²) in [5, 5.41) is 18.2. The molecule has 1 N–H and O–H groups in total. The summed E-state index contributed by atoms with van der Waals surface area (Å²) in [6.45, 7) is 2.20. The summed E-state index contributed by atoms with van der Waals surface area (Å²) in [5.41, 5.74) is 3.15. The maximum Gasteiger partial charge on any atom is 0.127 e.